The number of nitrogens with zero attached hydrogens (tertiary/aromatic N) is 1. The molecule has 1 aliphatic heterocycles. The Morgan fingerprint density at radius 2 is 1.78 bits per heavy atom. The highest BCUT2D eigenvalue weighted by atomic mass is 16.5. The minimum atomic E-state index is -0.588. The Morgan fingerprint density at radius 1 is 1.11 bits per heavy atom. The van der Waals surface area contributed by atoms with Gasteiger partial charge in [0.2, 0.25) is 17.7 Å². The standard InChI is InChI=1S/C20H21N3O4/c1-2-23(17-12-18(24)22-20(17)26)13-19(25)21-14-8-10-16(11-9-14)27-15-6-4-3-5-7-15/h3-11,17H,2,12-13H2,1H3,(H,21,25)(H,22,24,26)/t17-/m1/s1. The summed E-state index contributed by atoms with van der Waals surface area (Å²) in [6.07, 6.45) is 0.0888. The molecule has 140 valence electrons. The summed E-state index contributed by atoms with van der Waals surface area (Å²) in [6, 6.07) is 15.9. The number of para-hydroxylation sites is 1. The van der Waals surface area contributed by atoms with Crippen LogP contribution in [0.15, 0.2) is 54.6 Å². The van der Waals surface area contributed by atoms with Gasteiger partial charge in [-0.3, -0.25) is 24.6 Å². The minimum Gasteiger partial charge on any atom is -0.457 e. The number of anilines is 1. The van der Waals surface area contributed by atoms with E-state index in [1.807, 2.05) is 37.3 Å². The van der Waals surface area contributed by atoms with E-state index < -0.39 is 6.04 Å². The van der Waals surface area contributed by atoms with Gasteiger partial charge in [-0.05, 0) is 42.9 Å². The summed E-state index contributed by atoms with van der Waals surface area (Å²) in [5.74, 6) is 0.489. The SMILES string of the molecule is CCN(CC(=O)Nc1ccc(Oc2ccccc2)cc1)[C@@H]1CC(=O)NC1=O. The van der Waals surface area contributed by atoms with Crippen molar-refractivity contribution < 1.29 is 19.1 Å². The number of hydrogen-bond donors (Lipinski definition) is 2. The summed E-state index contributed by atoms with van der Waals surface area (Å²) in [5, 5.41) is 5.06. The van der Waals surface area contributed by atoms with Crippen molar-refractivity contribution in [3.05, 3.63) is 54.6 Å². The molecular weight excluding hydrogens is 346 g/mol. The van der Waals surface area contributed by atoms with Crippen molar-refractivity contribution >= 4 is 23.4 Å². The van der Waals surface area contributed by atoms with Crippen LogP contribution in [-0.4, -0.2) is 41.8 Å². The molecule has 0 bridgehead atoms. The zero-order valence-electron chi connectivity index (χ0n) is 15.0. The predicted octanol–water partition coefficient (Wildman–Crippen LogP) is 2.15. The summed E-state index contributed by atoms with van der Waals surface area (Å²) < 4.78 is 5.71. The molecule has 3 amide bonds. The van der Waals surface area contributed by atoms with Crippen LogP contribution in [0.1, 0.15) is 13.3 Å². The zero-order valence-corrected chi connectivity index (χ0v) is 15.0. The molecule has 0 spiro atoms. The predicted molar refractivity (Wildman–Crippen MR) is 100 cm³/mol. The quantitative estimate of drug-likeness (QED) is 0.732. The fraction of sp³-hybridized carbons (Fsp3) is 0.250. The molecule has 1 heterocycles. The fourth-order valence-electron chi connectivity index (χ4n) is 2.89. The maximum absolute atomic E-state index is 12.3. The first-order valence-electron chi connectivity index (χ1n) is 8.75. The van der Waals surface area contributed by atoms with Gasteiger partial charge in [0.05, 0.1) is 19.0 Å². The Kier molecular flexibility index (Phi) is 5.83. The average Bonchev–Trinajstić information content (AvgIpc) is 3.00. The molecule has 2 aromatic carbocycles. The number of likely N-dealkylation sites (N-methyl/N-ethyl adjacent to an activating group) is 1. The highest BCUT2D eigenvalue weighted by Crippen LogP contribution is 2.22. The van der Waals surface area contributed by atoms with E-state index in [-0.39, 0.29) is 30.7 Å². The first-order valence-corrected chi connectivity index (χ1v) is 8.75. The van der Waals surface area contributed by atoms with E-state index in [0.29, 0.717) is 18.0 Å². The summed E-state index contributed by atoms with van der Waals surface area (Å²) in [7, 11) is 0. The van der Waals surface area contributed by atoms with Crippen LogP contribution in [0.2, 0.25) is 0 Å². The first kappa shape index (κ1) is 18.6. The van der Waals surface area contributed by atoms with E-state index in [4.69, 9.17) is 4.74 Å². The van der Waals surface area contributed by atoms with Crippen molar-refractivity contribution in [2.75, 3.05) is 18.4 Å². The molecule has 7 heteroatoms. The van der Waals surface area contributed by atoms with Crippen molar-refractivity contribution in [3.63, 3.8) is 0 Å². The van der Waals surface area contributed by atoms with Gasteiger partial charge in [-0.2, -0.15) is 0 Å². The van der Waals surface area contributed by atoms with Gasteiger partial charge in [0.15, 0.2) is 0 Å². The lowest BCUT2D eigenvalue weighted by molar-refractivity contribution is -0.126. The number of benzene rings is 2. The molecule has 0 radical (unpaired) electrons. The van der Waals surface area contributed by atoms with Crippen LogP contribution in [0.4, 0.5) is 5.69 Å². The van der Waals surface area contributed by atoms with Gasteiger partial charge in [0.1, 0.15) is 11.5 Å². The van der Waals surface area contributed by atoms with Crippen molar-refractivity contribution in [3.8, 4) is 11.5 Å². The lowest BCUT2D eigenvalue weighted by Gasteiger charge is -2.24. The molecular formula is C20H21N3O4. The van der Waals surface area contributed by atoms with Crippen LogP contribution in [0.25, 0.3) is 0 Å². The van der Waals surface area contributed by atoms with Crippen LogP contribution in [0, 0.1) is 0 Å². The number of imide groups is 1. The molecule has 1 atom stereocenters. The molecule has 1 aliphatic rings. The lowest BCUT2D eigenvalue weighted by Crippen LogP contribution is -2.44. The average molecular weight is 367 g/mol. The van der Waals surface area contributed by atoms with E-state index in [0.717, 1.165) is 5.75 Å². The molecule has 0 aromatic heterocycles. The molecule has 1 fully saturated rings. The monoisotopic (exact) mass is 367 g/mol. The number of ether oxygens (including phenoxy) is 1. The van der Waals surface area contributed by atoms with Gasteiger partial charge in [-0.15, -0.1) is 0 Å². The van der Waals surface area contributed by atoms with Crippen LogP contribution in [-0.2, 0) is 14.4 Å². The lowest BCUT2D eigenvalue weighted by atomic mass is 10.2. The van der Waals surface area contributed by atoms with Crippen LogP contribution in [0.5, 0.6) is 11.5 Å². The number of rotatable bonds is 7. The Labute approximate surface area is 157 Å². The maximum Gasteiger partial charge on any atom is 0.244 e. The van der Waals surface area contributed by atoms with Gasteiger partial charge in [-0.1, -0.05) is 25.1 Å². The van der Waals surface area contributed by atoms with E-state index in [9.17, 15) is 14.4 Å². The third kappa shape index (κ3) is 4.92. The summed E-state index contributed by atoms with van der Waals surface area (Å²) in [6.45, 7) is 2.37. The van der Waals surface area contributed by atoms with Crippen molar-refractivity contribution in [1.82, 2.24) is 10.2 Å². The third-order valence-electron chi connectivity index (χ3n) is 4.25. The van der Waals surface area contributed by atoms with Crippen molar-refractivity contribution in [1.29, 1.82) is 0 Å². The van der Waals surface area contributed by atoms with Gasteiger partial charge >= 0.3 is 0 Å². The molecule has 0 aliphatic carbocycles. The number of hydrogen-bond acceptors (Lipinski definition) is 5. The second kappa shape index (κ2) is 8.46. The Morgan fingerprint density at radius 3 is 2.37 bits per heavy atom. The molecule has 2 aromatic rings. The van der Waals surface area contributed by atoms with Crippen molar-refractivity contribution in [2.24, 2.45) is 0 Å². The molecule has 27 heavy (non-hydrogen) atoms. The van der Waals surface area contributed by atoms with E-state index in [1.54, 1.807) is 29.2 Å². The highest BCUT2D eigenvalue weighted by molar-refractivity contribution is 6.05. The van der Waals surface area contributed by atoms with Crippen LogP contribution in [0.3, 0.4) is 0 Å². The number of nitrogens with one attached hydrogen (secondary N) is 2. The number of amides is 3. The van der Waals surface area contributed by atoms with E-state index in [2.05, 4.69) is 10.6 Å². The van der Waals surface area contributed by atoms with Gasteiger partial charge < -0.3 is 10.1 Å². The van der Waals surface area contributed by atoms with Crippen LogP contribution < -0.4 is 15.4 Å². The molecule has 0 saturated carbocycles. The van der Waals surface area contributed by atoms with Gasteiger partial charge in [-0.25, -0.2) is 0 Å². The number of carbonyl (C=O) groups is 3. The largest absolute Gasteiger partial charge is 0.457 e. The molecule has 0 unspecified atom stereocenters. The summed E-state index contributed by atoms with van der Waals surface area (Å²) in [5.41, 5.74) is 0.628. The fourth-order valence-corrected chi connectivity index (χ4v) is 2.89. The van der Waals surface area contributed by atoms with Gasteiger partial charge in [0, 0.05) is 5.69 Å². The topological polar surface area (TPSA) is 87.7 Å². The molecule has 7 nitrogen and oxygen atoms in total. The van der Waals surface area contributed by atoms with Crippen molar-refractivity contribution in [2.45, 2.75) is 19.4 Å². The zero-order chi connectivity index (χ0) is 19.2. The Balaban J connectivity index is 1.55. The van der Waals surface area contributed by atoms with E-state index in [1.165, 1.54) is 0 Å². The molecule has 2 N–H and O–H groups in total. The molecule has 3 rings (SSSR count). The Bertz CT molecular complexity index is 821. The second-order valence-electron chi connectivity index (χ2n) is 6.18. The maximum atomic E-state index is 12.3. The van der Waals surface area contributed by atoms with Gasteiger partial charge in [0.25, 0.3) is 0 Å². The smallest absolute Gasteiger partial charge is 0.244 e. The first-order chi connectivity index (χ1) is 13.0. The normalized spacial score (nSPS) is 16.3. The third-order valence-corrected chi connectivity index (χ3v) is 4.25. The van der Waals surface area contributed by atoms with Crippen LogP contribution >= 0.6 is 0 Å². The highest BCUT2D eigenvalue weighted by Gasteiger charge is 2.35. The Hall–Kier alpha value is -3.19. The minimum absolute atomic E-state index is 0.0319. The number of carbonyl (C=O) groups excluding carboxylic acids is 3. The summed E-state index contributed by atoms with van der Waals surface area (Å²) in [4.78, 5) is 37.1. The summed E-state index contributed by atoms with van der Waals surface area (Å²) >= 11 is 0. The molecule has 1 saturated heterocycles. The van der Waals surface area contributed by atoms with E-state index >= 15 is 0 Å². The second-order valence-corrected chi connectivity index (χ2v) is 6.18.